The van der Waals surface area contributed by atoms with Crippen molar-refractivity contribution in [2.45, 2.75) is 13.1 Å². The second kappa shape index (κ2) is 8.26. The predicted molar refractivity (Wildman–Crippen MR) is 101 cm³/mol. The van der Waals surface area contributed by atoms with E-state index in [0.29, 0.717) is 18.7 Å². The van der Waals surface area contributed by atoms with Gasteiger partial charge >= 0.3 is 0 Å². The van der Waals surface area contributed by atoms with Crippen molar-refractivity contribution in [2.75, 3.05) is 26.2 Å². The van der Waals surface area contributed by atoms with Crippen molar-refractivity contribution in [3.63, 3.8) is 0 Å². The van der Waals surface area contributed by atoms with Gasteiger partial charge < -0.3 is 4.90 Å². The van der Waals surface area contributed by atoms with E-state index in [4.69, 9.17) is 0 Å². The second-order valence-corrected chi connectivity index (χ2v) is 6.78. The minimum absolute atomic E-state index is 0.141. The molecule has 1 saturated heterocycles. The molecule has 1 fully saturated rings. The van der Waals surface area contributed by atoms with Crippen molar-refractivity contribution in [3.8, 4) is 0 Å². The normalized spacial score (nSPS) is 15.0. The number of nitrogens with zero attached hydrogens (tertiary/aromatic N) is 6. The van der Waals surface area contributed by atoms with Crippen LogP contribution < -0.4 is 0 Å². The van der Waals surface area contributed by atoms with E-state index < -0.39 is 0 Å². The fourth-order valence-corrected chi connectivity index (χ4v) is 3.27. The van der Waals surface area contributed by atoms with Crippen molar-refractivity contribution in [2.24, 2.45) is 0 Å². The van der Waals surface area contributed by atoms with Crippen molar-refractivity contribution in [1.29, 1.82) is 0 Å². The first-order valence-electron chi connectivity index (χ1n) is 9.24. The number of benzene rings is 1. The molecule has 0 radical (unpaired) electrons. The Bertz CT molecular complexity index is 937. The van der Waals surface area contributed by atoms with E-state index >= 15 is 0 Å². The Hall–Kier alpha value is -3.13. The van der Waals surface area contributed by atoms with Gasteiger partial charge in [-0.2, -0.15) is 0 Å². The number of rotatable bonds is 5. The van der Waals surface area contributed by atoms with Gasteiger partial charge in [-0.15, -0.1) is 5.10 Å². The van der Waals surface area contributed by atoms with E-state index in [9.17, 15) is 9.18 Å². The van der Waals surface area contributed by atoms with Crippen LogP contribution in [-0.4, -0.2) is 61.9 Å². The maximum atomic E-state index is 13.8. The van der Waals surface area contributed by atoms with Gasteiger partial charge in [0.25, 0.3) is 5.91 Å². The van der Waals surface area contributed by atoms with Crippen LogP contribution in [0.1, 0.15) is 21.7 Å². The summed E-state index contributed by atoms with van der Waals surface area (Å²) in [6.45, 7) is 3.85. The first kappa shape index (κ1) is 18.2. The number of amides is 1. The van der Waals surface area contributed by atoms with Gasteiger partial charge in [0.1, 0.15) is 5.82 Å². The maximum absolute atomic E-state index is 13.8. The Morgan fingerprint density at radius 3 is 2.54 bits per heavy atom. The summed E-state index contributed by atoms with van der Waals surface area (Å²) in [5, 5.41) is 7.95. The summed E-state index contributed by atoms with van der Waals surface area (Å²) in [6.07, 6.45) is 3.37. The Kier molecular flexibility index (Phi) is 5.38. The smallest absolute Gasteiger partial charge is 0.276 e. The molecule has 0 atom stereocenters. The van der Waals surface area contributed by atoms with Crippen LogP contribution in [0.2, 0.25) is 0 Å². The zero-order valence-corrected chi connectivity index (χ0v) is 15.4. The molecule has 0 bridgehead atoms. The lowest BCUT2D eigenvalue weighted by molar-refractivity contribution is 0.0621. The molecule has 3 aromatic rings. The molecular formula is C20H21FN6O. The van der Waals surface area contributed by atoms with E-state index in [1.165, 1.54) is 10.7 Å². The number of hydrogen-bond donors (Lipinski definition) is 0. The number of halogens is 1. The number of aromatic nitrogens is 4. The summed E-state index contributed by atoms with van der Waals surface area (Å²) in [5.74, 6) is -0.438. The summed E-state index contributed by atoms with van der Waals surface area (Å²) >= 11 is 0. The van der Waals surface area contributed by atoms with E-state index in [0.717, 1.165) is 25.3 Å². The Morgan fingerprint density at radius 2 is 1.79 bits per heavy atom. The van der Waals surface area contributed by atoms with Crippen LogP contribution in [0.15, 0.2) is 54.9 Å². The van der Waals surface area contributed by atoms with Crippen molar-refractivity contribution < 1.29 is 9.18 Å². The molecule has 144 valence electrons. The highest BCUT2D eigenvalue weighted by Gasteiger charge is 2.24. The molecule has 1 aliphatic rings. The minimum Gasteiger partial charge on any atom is -0.335 e. The average molecular weight is 380 g/mol. The first-order valence-corrected chi connectivity index (χ1v) is 9.24. The average Bonchev–Trinajstić information content (AvgIpc) is 3.19. The zero-order valence-electron chi connectivity index (χ0n) is 15.4. The number of carbonyl (C=O) groups excluding carboxylic acids is 1. The quantitative estimate of drug-likeness (QED) is 0.676. The molecule has 0 unspecified atom stereocenters. The fraction of sp³-hybridized carbons (Fsp3) is 0.300. The Labute approximate surface area is 162 Å². The topological polar surface area (TPSA) is 67.2 Å². The van der Waals surface area contributed by atoms with Crippen LogP contribution in [0.3, 0.4) is 0 Å². The van der Waals surface area contributed by atoms with Crippen molar-refractivity contribution in [3.05, 3.63) is 77.6 Å². The van der Waals surface area contributed by atoms with Crippen LogP contribution in [0, 0.1) is 5.82 Å². The molecule has 1 aliphatic heterocycles. The summed E-state index contributed by atoms with van der Waals surface area (Å²) < 4.78 is 15.3. The van der Waals surface area contributed by atoms with Gasteiger partial charge in [-0.25, -0.2) is 9.07 Å². The molecule has 0 N–H and O–H groups in total. The predicted octanol–water partition coefficient (Wildman–Crippen LogP) is 1.82. The summed E-state index contributed by atoms with van der Waals surface area (Å²) in [5.41, 5.74) is 1.82. The molecule has 1 aromatic carbocycles. The van der Waals surface area contributed by atoms with E-state index in [2.05, 4.69) is 20.2 Å². The molecule has 0 spiro atoms. The monoisotopic (exact) mass is 380 g/mol. The first-order chi connectivity index (χ1) is 13.7. The lowest BCUT2D eigenvalue weighted by atomic mass is 10.2. The third kappa shape index (κ3) is 4.23. The SMILES string of the molecule is O=C(c1cn(Cc2ccccc2F)nn1)N1CCN(Cc2ccccn2)CC1. The van der Waals surface area contributed by atoms with E-state index in [1.54, 1.807) is 35.5 Å². The second-order valence-electron chi connectivity index (χ2n) is 6.78. The van der Waals surface area contributed by atoms with Crippen LogP contribution in [0.25, 0.3) is 0 Å². The lowest BCUT2D eigenvalue weighted by Crippen LogP contribution is -2.48. The molecule has 8 heteroatoms. The molecule has 4 rings (SSSR count). The highest BCUT2D eigenvalue weighted by Crippen LogP contribution is 2.11. The van der Waals surface area contributed by atoms with Crippen LogP contribution in [-0.2, 0) is 13.1 Å². The molecular weight excluding hydrogens is 359 g/mol. The van der Waals surface area contributed by atoms with Crippen LogP contribution in [0.5, 0.6) is 0 Å². The molecule has 0 aliphatic carbocycles. The molecule has 2 aromatic heterocycles. The van der Waals surface area contributed by atoms with Crippen molar-refractivity contribution in [1.82, 2.24) is 29.8 Å². The van der Waals surface area contributed by atoms with Gasteiger partial charge in [0.15, 0.2) is 5.69 Å². The molecule has 7 nitrogen and oxygen atoms in total. The molecule has 1 amide bonds. The summed E-state index contributed by atoms with van der Waals surface area (Å²) in [7, 11) is 0. The fourth-order valence-electron chi connectivity index (χ4n) is 3.27. The maximum Gasteiger partial charge on any atom is 0.276 e. The number of hydrogen-bond acceptors (Lipinski definition) is 5. The van der Waals surface area contributed by atoms with Gasteiger partial charge in [-0.3, -0.25) is 14.7 Å². The molecule has 3 heterocycles. The van der Waals surface area contributed by atoms with Crippen molar-refractivity contribution >= 4 is 5.91 Å². The standard InChI is InChI=1S/C20H21FN6O/c21-18-7-2-1-5-16(18)13-27-15-19(23-24-27)20(28)26-11-9-25(10-12-26)14-17-6-3-4-8-22-17/h1-8,15H,9-14H2. The van der Waals surface area contributed by atoms with Crippen LogP contribution in [0.4, 0.5) is 4.39 Å². The number of piperazine rings is 1. The number of carbonyl (C=O) groups is 1. The van der Waals surface area contributed by atoms with Crippen LogP contribution >= 0.6 is 0 Å². The van der Waals surface area contributed by atoms with Gasteiger partial charge in [0, 0.05) is 44.5 Å². The minimum atomic E-state index is -0.296. The molecule has 28 heavy (non-hydrogen) atoms. The Morgan fingerprint density at radius 1 is 1.00 bits per heavy atom. The van der Waals surface area contributed by atoms with Gasteiger partial charge in [0.2, 0.25) is 0 Å². The van der Waals surface area contributed by atoms with Gasteiger partial charge in [0.05, 0.1) is 18.4 Å². The van der Waals surface area contributed by atoms with E-state index in [1.807, 2.05) is 18.2 Å². The lowest BCUT2D eigenvalue weighted by Gasteiger charge is -2.34. The third-order valence-corrected chi connectivity index (χ3v) is 4.82. The zero-order chi connectivity index (χ0) is 19.3. The third-order valence-electron chi connectivity index (χ3n) is 4.82. The van der Waals surface area contributed by atoms with E-state index in [-0.39, 0.29) is 24.0 Å². The summed E-state index contributed by atoms with van der Waals surface area (Å²) in [4.78, 5) is 21.1. The number of pyridine rings is 1. The largest absolute Gasteiger partial charge is 0.335 e. The Balaban J connectivity index is 1.33. The molecule has 0 saturated carbocycles. The summed E-state index contributed by atoms with van der Waals surface area (Å²) in [6, 6.07) is 12.4. The highest BCUT2D eigenvalue weighted by atomic mass is 19.1. The highest BCUT2D eigenvalue weighted by molar-refractivity contribution is 5.92. The van der Waals surface area contributed by atoms with Gasteiger partial charge in [-0.1, -0.05) is 29.5 Å². The van der Waals surface area contributed by atoms with Gasteiger partial charge in [-0.05, 0) is 18.2 Å².